The summed E-state index contributed by atoms with van der Waals surface area (Å²) in [7, 11) is 0. The molecule has 0 unspecified atom stereocenters. The number of rotatable bonds is 9. The Labute approximate surface area is 173 Å². The fourth-order valence-electron chi connectivity index (χ4n) is 3.90. The fraction of sp³-hybridized carbons (Fsp3) is 0.458. The molecule has 2 aromatic rings. The Kier molecular flexibility index (Phi) is 8.05. The molecule has 5 heteroatoms. The highest BCUT2D eigenvalue weighted by molar-refractivity contribution is 5.78. The van der Waals surface area contributed by atoms with Crippen molar-refractivity contribution >= 4 is 5.91 Å². The molecule has 29 heavy (non-hydrogen) atoms. The van der Waals surface area contributed by atoms with Crippen LogP contribution in [0, 0.1) is 11.7 Å². The molecule has 1 heterocycles. The zero-order valence-corrected chi connectivity index (χ0v) is 17.2. The van der Waals surface area contributed by atoms with Crippen molar-refractivity contribution in [3.63, 3.8) is 0 Å². The van der Waals surface area contributed by atoms with E-state index in [1.165, 1.54) is 17.7 Å². The van der Waals surface area contributed by atoms with Gasteiger partial charge in [-0.05, 0) is 68.5 Å². The number of nitrogens with one attached hydrogen (secondary N) is 1. The van der Waals surface area contributed by atoms with Crippen LogP contribution in [0.5, 0.6) is 5.75 Å². The van der Waals surface area contributed by atoms with E-state index in [1.807, 2.05) is 37.3 Å². The summed E-state index contributed by atoms with van der Waals surface area (Å²) in [5.74, 6) is 0.894. The van der Waals surface area contributed by atoms with Gasteiger partial charge in [0.05, 0.1) is 12.5 Å². The molecule has 0 saturated carbocycles. The molecule has 4 nitrogen and oxygen atoms in total. The summed E-state index contributed by atoms with van der Waals surface area (Å²) in [5.41, 5.74) is 2.27. The van der Waals surface area contributed by atoms with Gasteiger partial charge in [0.15, 0.2) is 0 Å². The zero-order valence-electron chi connectivity index (χ0n) is 17.2. The number of aryl methyl sites for hydroxylation is 1. The van der Waals surface area contributed by atoms with Crippen molar-refractivity contribution < 1.29 is 13.9 Å². The van der Waals surface area contributed by atoms with Crippen molar-refractivity contribution in [2.24, 2.45) is 5.92 Å². The van der Waals surface area contributed by atoms with Gasteiger partial charge in [-0.1, -0.05) is 30.3 Å². The van der Waals surface area contributed by atoms with Crippen LogP contribution in [0.2, 0.25) is 0 Å². The second kappa shape index (κ2) is 11.0. The van der Waals surface area contributed by atoms with Crippen LogP contribution < -0.4 is 10.1 Å². The lowest BCUT2D eigenvalue weighted by atomic mass is 9.96. The summed E-state index contributed by atoms with van der Waals surface area (Å²) in [6, 6.07) is 14.7. The molecule has 0 aliphatic carbocycles. The zero-order chi connectivity index (χ0) is 20.5. The first-order chi connectivity index (χ1) is 14.2. The van der Waals surface area contributed by atoms with E-state index in [9.17, 15) is 9.18 Å². The van der Waals surface area contributed by atoms with E-state index in [1.54, 1.807) is 0 Å². The smallest absolute Gasteiger partial charge is 0.224 e. The van der Waals surface area contributed by atoms with Gasteiger partial charge in [-0.2, -0.15) is 0 Å². The molecule has 1 amide bonds. The highest BCUT2D eigenvalue weighted by Gasteiger charge is 2.25. The maximum absolute atomic E-state index is 13.1. The van der Waals surface area contributed by atoms with Gasteiger partial charge in [0.25, 0.3) is 0 Å². The molecule has 0 radical (unpaired) electrons. The molecule has 1 N–H and O–H groups in total. The third-order valence-corrected chi connectivity index (χ3v) is 5.39. The van der Waals surface area contributed by atoms with E-state index >= 15 is 0 Å². The molecule has 0 aromatic heterocycles. The number of carbonyl (C=O) groups excluding carboxylic acids is 1. The molecule has 1 aliphatic rings. The molecular formula is C24H31FN2O2. The number of likely N-dealkylation sites (tertiary alicyclic amines) is 1. The summed E-state index contributed by atoms with van der Waals surface area (Å²) in [4.78, 5) is 14.9. The molecule has 1 aliphatic heterocycles. The van der Waals surface area contributed by atoms with Crippen LogP contribution in [0.15, 0.2) is 48.5 Å². The largest absolute Gasteiger partial charge is 0.494 e. The van der Waals surface area contributed by atoms with Crippen molar-refractivity contribution in [1.29, 1.82) is 0 Å². The third-order valence-electron chi connectivity index (χ3n) is 5.39. The van der Waals surface area contributed by atoms with Crippen LogP contribution in [0.1, 0.15) is 37.3 Å². The molecule has 0 spiro atoms. The maximum atomic E-state index is 13.1. The highest BCUT2D eigenvalue weighted by Crippen LogP contribution is 2.20. The Hall–Kier alpha value is -2.40. The summed E-state index contributed by atoms with van der Waals surface area (Å²) >= 11 is 0. The number of nitrogens with zero attached hydrogens (tertiary/aromatic N) is 1. The van der Waals surface area contributed by atoms with E-state index in [4.69, 9.17) is 4.74 Å². The number of hydrogen-bond acceptors (Lipinski definition) is 3. The average Bonchev–Trinajstić information content (AvgIpc) is 2.74. The topological polar surface area (TPSA) is 41.6 Å². The van der Waals surface area contributed by atoms with Gasteiger partial charge >= 0.3 is 0 Å². The Balaban J connectivity index is 1.41. The summed E-state index contributed by atoms with van der Waals surface area (Å²) in [6.07, 6.45) is 3.72. The van der Waals surface area contributed by atoms with Crippen LogP contribution in [0.25, 0.3) is 0 Å². The first-order valence-electron chi connectivity index (χ1n) is 10.6. The van der Waals surface area contributed by atoms with Gasteiger partial charge in [-0.25, -0.2) is 4.39 Å². The van der Waals surface area contributed by atoms with Gasteiger partial charge in [0, 0.05) is 19.6 Å². The molecule has 3 rings (SSSR count). The monoisotopic (exact) mass is 398 g/mol. The Morgan fingerprint density at radius 3 is 2.79 bits per heavy atom. The van der Waals surface area contributed by atoms with E-state index in [0.717, 1.165) is 56.6 Å². The number of carbonyl (C=O) groups is 1. The fourth-order valence-corrected chi connectivity index (χ4v) is 3.90. The molecule has 1 saturated heterocycles. The SMILES string of the molecule is CCOc1ccccc1CCCNC(=O)[C@@H]1CCCN(Cc2ccc(F)cc2)C1. The third kappa shape index (κ3) is 6.57. The maximum Gasteiger partial charge on any atom is 0.224 e. The number of halogens is 1. The highest BCUT2D eigenvalue weighted by atomic mass is 19.1. The van der Waals surface area contributed by atoms with Crippen molar-refractivity contribution in [3.8, 4) is 5.75 Å². The summed E-state index contributed by atoms with van der Waals surface area (Å²) in [5, 5.41) is 3.11. The van der Waals surface area contributed by atoms with Crippen LogP contribution in [-0.2, 0) is 17.8 Å². The average molecular weight is 399 g/mol. The lowest BCUT2D eigenvalue weighted by Gasteiger charge is -2.32. The number of para-hydroxylation sites is 1. The minimum Gasteiger partial charge on any atom is -0.494 e. The minimum atomic E-state index is -0.214. The summed E-state index contributed by atoms with van der Waals surface area (Å²) in [6.45, 7) is 5.82. The lowest BCUT2D eigenvalue weighted by molar-refractivity contribution is -0.126. The predicted octanol–water partition coefficient (Wildman–Crippen LogP) is 4.19. The molecule has 0 bridgehead atoms. The Bertz CT molecular complexity index is 779. The van der Waals surface area contributed by atoms with Gasteiger partial charge < -0.3 is 10.1 Å². The standard InChI is InChI=1S/C24H31FN2O2/c1-2-29-23-10-4-3-7-20(23)8-5-15-26-24(28)21-9-6-16-27(18-21)17-19-11-13-22(25)14-12-19/h3-4,7,10-14,21H,2,5-6,8-9,15-18H2,1H3,(H,26,28)/t21-/m1/s1. The first kappa shape index (κ1) is 21.3. The molecule has 156 valence electrons. The van der Waals surface area contributed by atoms with Crippen LogP contribution in [0.4, 0.5) is 4.39 Å². The van der Waals surface area contributed by atoms with Crippen molar-refractivity contribution in [2.45, 2.75) is 39.2 Å². The minimum absolute atomic E-state index is 0.0277. The Morgan fingerprint density at radius 2 is 2.00 bits per heavy atom. The van der Waals surface area contributed by atoms with E-state index in [0.29, 0.717) is 13.2 Å². The van der Waals surface area contributed by atoms with Crippen LogP contribution >= 0.6 is 0 Å². The van der Waals surface area contributed by atoms with Crippen molar-refractivity contribution in [1.82, 2.24) is 10.2 Å². The van der Waals surface area contributed by atoms with Gasteiger partial charge in [0.2, 0.25) is 5.91 Å². The number of amides is 1. The summed E-state index contributed by atoms with van der Waals surface area (Å²) < 4.78 is 18.7. The predicted molar refractivity (Wildman–Crippen MR) is 113 cm³/mol. The molecule has 1 atom stereocenters. The Morgan fingerprint density at radius 1 is 1.21 bits per heavy atom. The van der Waals surface area contributed by atoms with Gasteiger partial charge in [0.1, 0.15) is 11.6 Å². The second-order valence-electron chi connectivity index (χ2n) is 7.64. The number of hydrogen-bond donors (Lipinski definition) is 1. The second-order valence-corrected chi connectivity index (χ2v) is 7.64. The number of ether oxygens (including phenoxy) is 1. The van der Waals surface area contributed by atoms with E-state index in [-0.39, 0.29) is 17.6 Å². The molecular weight excluding hydrogens is 367 g/mol. The van der Waals surface area contributed by atoms with Gasteiger partial charge in [-0.3, -0.25) is 9.69 Å². The van der Waals surface area contributed by atoms with Gasteiger partial charge in [-0.15, -0.1) is 0 Å². The van der Waals surface area contributed by atoms with Crippen molar-refractivity contribution in [2.75, 3.05) is 26.2 Å². The number of piperidine rings is 1. The molecule has 1 fully saturated rings. The van der Waals surface area contributed by atoms with Crippen LogP contribution in [0.3, 0.4) is 0 Å². The molecule has 2 aromatic carbocycles. The lowest BCUT2D eigenvalue weighted by Crippen LogP contribution is -2.42. The van der Waals surface area contributed by atoms with Crippen molar-refractivity contribution in [3.05, 3.63) is 65.5 Å². The first-order valence-corrected chi connectivity index (χ1v) is 10.6. The van der Waals surface area contributed by atoms with Crippen LogP contribution in [-0.4, -0.2) is 37.0 Å². The van der Waals surface area contributed by atoms with E-state index < -0.39 is 0 Å². The normalized spacial score (nSPS) is 17.1. The number of benzene rings is 2. The van der Waals surface area contributed by atoms with E-state index in [2.05, 4.69) is 16.3 Å². The quantitative estimate of drug-likeness (QED) is 0.644.